The minimum atomic E-state index is -0.672. The zero-order valence-corrected chi connectivity index (χ0v) is 11.1. The summed E-state index contributed by atoms with van der Waals surface area (Å²) in [7, 11) is 0. The summed E-state index contributed by atoms with van der Waals surface area (Å²) >= 11 is 0. The summed E-state index contributed by atoms with van der Waals surface area (Å²) in [6.07, 6.45) is 1.45. The highest BCUT2D eigenvalue weighted by molar-refractivity contribution is 5.70. The van der Waals surface area contributed by atoms with E-state index in [9.17, 15) is 4.79 Å². The van der Waals surface area contributed by atoms with Gasteiger partial charge in [-0.2, -0.15) is 5.26 Å². The van der Waals surface area contributed by atoms with Gasteiger partial charge in [-0.3, -0.25) is 9.69 Å². The summed E-state index contributed by atoms with van der Waals surface area (Å²) < 4.78 is 0. The van der Waals surface area contributed by atoms with Crippen LogP contribution in [0.3, 0.4) is 0 Å². The molecule has 2 rings (SSSR count). The van der Waals surface area contributed by atoms with Gasteiger partial charge in [-0.1, -0.05) is 6.07 Å². The Labute approximate surface area is 113 Å². The van der Waals surface area contributed by atoms with Crippen LogP contribution < -0.4 is 0 Å². The number of nitrogens with zero attached hydrogens (tertiary/aromatic N) is 2. The Morgan fingerprint density at radius 1 is 1.47 bits per heavy atom. The van der Waals surface area contributed by atoms with Crippen molar-refractivity contribution in [1.29, 1.82) is 5.26 Å². The van der Waals surface area contributed by atoms with Gasteiger partial charge >= 0.3 is 5.97 Å². The highest BCUT2D eigenvalue weighted by atomic mass is 16.4. The highest BCUT2D eigenvalue weighted by Gasteiger charge is 2.24. The van der Waals surface area contributed by atoms with Gasteiger partial charge in [0.2, 0.25) is 0 Å². The summed E-state index contributed by atoms with van der Waals surface area (Å²) in [6.45, 7) is 4.51. The van der Waals surface area contributed by atoms with Gasteiger partial charge in [-0.15, -0.1) is 0 Å². The number of carbonyl (C=O) groups is 1. The third kappa shape index (κ3) is 3.33. The Morgan fingerprint density at radius 2 is 2.16 bits per heavy atom. The van der Waals surface area contributed by atoms with Crippen LogP contribution in [0.15, 0.2) is 18.2 Å². The molecule has 0 aliphatic carbocycles. The van der Waals surface area contributed by atoms with Gasteiger partial charge in [0.15, 0.2) is 0 Å². The smallest absolute Gasteiger partial charge is 0.306 e. The van der Waals surface area contributed by atoms with Crippen LogP contribution in [0.5, 0.6) is 0 Å². The van der Waals surface area contributed by atoms with Crippen LogP contribution in [-0.2, 0) is 11.3 Å². The molecule has 1 fully saturated rings. The maximum Gasteiger partial charge on any atom is 0.306 e. The van der Waals surface area contributed by atoms with E-state index in [-0.39, 0.29) is 5.92 Å². The fourth-order valence-electron chi connectivity index (χ4n) is 2.52. The summed E-state index contributed by atoms with van der Waals surface area (Å²) in [4.78, 5) is 13.2. The first kappa shape index (κ1) is 13.6. The monoisotopic (exact) mass is 258 g/mol. The lowest BCUT2D eigenvalue weighted by atomic mass is 9.96. The van der Waals surface area contributed by atoms with Gasteiger partial charge in [0.25, 0.3) is 0 Å². The van der Waals surface area contributed by atoms with Crippen molar-refractivity contribution in [2.75, 3.05) is 13.1 Å². The standard InChI is InChI=1S/C15H18N2O2/c1-11-8-12(9-16)2-3-14(11)10-17-6-4-13(5-7-17)15(18)19/h2-3,8,13H,4-7,10H2,1H3,(H,18,19). The number of carboxylic acid groups (broad SMARTS) is 1. The van der Waals surface area contributed by atoms with Crippen LogP contribution >= 0.6 is 0 Å². The molecule has 1 aromatic rings. The lowest BCUT2D eigenvalue weighted by molar-refractivity contribution is -0.143. The molecule has 4 heteroatoms. The largest absolute Gasteiger partial charge is 0.481 e. The number of benzene rings is 1. The van der Waals surface area contributed by atoms with E-state index in [0.717, 1.165) is 38.0 Å². The molecule has 0 amide bonds. The molecule has 1 N–H and O–H groups in total. The number of hydrogen-bond acceptors (Lipinski definition) is 3. The van der Waals surface area contributed by atoms with Crippen LogP contribution in [0.2, 0.25) is 0 Å². The molecule has 0 aromatic heterocycles. The lowest BCUT2D eigenvalue weighted by Crippen LogP contribution is -2.35. The zero-order chi connectivity index (χ0) is 13.8. The van der Waals surface area contributed by atoms with Crippen molar-refractivity contribution in [2.24, 2.45) is 5.92 Å². The number of likely N-dealkylation sites (tertiary alicyclic amines) is 1. The first-order valence-corrected chi connectivity index (χ1v) is 6.55. The van der Waals surface area contributed by atoms with E-state index in [0.29, 0.717) is 5.56 Å². The molecular formula is C15H18N2O2. The molecule has 1 aromatic carbocycles. The minimum Gasteiger partial charge on any atom is -0.481 e. The van der Waals surface area contributed by atoms with E-state index in [1.807, 2.05) is 25.1 Å². The Morgan fingerprint density at radius 3 is 2.68 bits per heavy atom. The van der Waals surface area contributed by atoms with Gasteiger partial charge in [0, 0.05) is 6.54 Å². The second kappa shape index (κ2) is 5.85. The van der Waals surface area contributed by atoms with E-state index in [1.54, 1.807) is 0 Å². The molecule has 0 saturated carbocycles. The summed E-state index contributed by atoms with van der Waals surface area (Å²) in [5, 5.41) is 17.8. The average molecular weight is 258 g/mol. The summed E-state index contributed by atoms with van der Waals surface area (Å²) in [5.74, 6) is -0.854. The van der Waals surface area contributed by atoms with Crippen molar-refractivity contribution >= 4 is 5.97 Å². The number of aliphatic carboxylic acids is 1. The van der Waals surface area contributed by atoms with Gasteiger partial charge in [0.05, 0.1) is 17.6 Å². The van der Waals surface area contributed by atoms with Crippen molar-refractivity contribution < 1.29 is 9.90 Å². The number of piperidine rings is 1. The maximum atomic E-state index is 10.9. The van der Waals surface area contributed by atoms with Gasteiger partial charge < -0.3 is 5.11 Å². The fraction of sp³-hybridized carbons (Fsp3) is 0.467. The number of aryl methyl sites for hydroxylation is 1. The van der Waals surface area contributed by atoms with E-state index in [2.05, 4.69) is 11.0 Å². The molecule has 0 unspecified atom stereocenters. The Kier molecular flexibility index (Phi) is 4.18. The lowest BCUT2D eigenvalue weighted by Gasteiger charge is -2.30. The third-order valence-corrected chi connectivity index (χ3v) is 3.80. The van der Waals surface area contributed by atoms with Crippen molar-refractivity contribution in [3.05, 3.63) is 34.9 Å². The molecular weight excluding hydrogens is 240 g/mol. The number of nitriles is 1. The topological polar surface area (TPSA) is 64.3 Å². The number of rotatable bonds is 3. The molecule has 1 saturated heterocycles. The Balaban J connectivity index is 1.96. The maximum absolute atomic E-state index is 10.9. The van der Waals surface area contributed by atoms with E-state index in [1.165, 1.54) is 5.56 Å². The summed E-state index contributed by atoms with van der Waals surface area (Å²) in [5.41, 5.74) is 3.03. The number of hydrogen-bond donors (Lipinski definition) is 1. The molecule has 4 nitrogen and oxygen atoms in total. The van der Waals surface area contributed by atoms with Crippen molar-refractivity contribution in [2.45, 2.75) is 26.3 Å². The third-order valence-electron chi connectivity index (χ3n) is 3.80. The minimum absolute atomic E-state index is 0.182. The predicted octanol–water partition coefficient (Wildman–Crippen LogP) is 2.16. The normalized spacial score (nSPS) is 17.1. The molecule has 100 valence electrons. The van der Waals surface area contributed by atoms with E-state index in [4.69, 9.17) is 10.4 Å². The van der Waals surface area contributed by atoms with E-state index >= 15 is 0 Å². The second-order valence-corrected chi connectivity index (χ2v) is 5.14. The molecule has 19 heavy (non-hydrogen) atoms. The summed E-state index contributed by atoms with van der Waals surface area (Å²) in [6, 6.07) is 7.88. The van der Waals surface area contributed by atoms with Crippen LogP contribution in [0.25, 0.3) is 0 Å². The molecule has 0 bridgehead atoms. The van der Waals surface area contributed by atoms with Crippen LogP contribution in [0, 0.1) is 24.2 Å². The Bertz CT molecular complexity index is 511. The van der Waals surface area contributed by atoms with Crippen molar-refractivity contribution in [1.82, 2.24) is 4.90 Å². The van der Waals surface area contributed by atoms with E-state index < -0.39 is 5.97 Å². The Hall–Kier alpha value is -1.86. The van der Waals surface area contributed by atoms with Gasteiger partial charge in [0.1, 0.15) is 0 Å². The van der Waals surface area contributed by atoms with Crippen LogP contribution in [-0.4, -0.2) is 29.1 Å². The highest BCUT2D eigenvalue weighted by Crippen LogP contribution is 2.20. The average Bonchev–Trinajstić information content (AvgIpc) is 2.41. The van der Waals surface area contributed by atoms with Crippen LogP contribution in [0.4, 0.5) is 0 Å². The van der Waals surface area contributed by atoms with Crippen molar-refractivity contribution in [3.8, 4) is 6.07 Å². The van der Waals surface area contributed by atoms with Crippen molar-refractivity contribution in [3.63, 3.8) is 0 Å². The molecule has 1 heterocycles. The predicted molar refractivity (Wildman–Crippen MR) is 71.5 cm³/mol. The van der Waals surface area contributed by atoms with Gasteiger partial charge in [-0.25, -0.2) is 0 Å². The van der Waals surface area contributed by atoms with Crippen LogP contribution in [0.1, 0.15) is 29.5 Å². The quantitative estimate of drug-likeness (QED) is 0.902. The first-order valence-electron chi connectivity index (χ1n) is 6.55. The molecule has 0 spiro atoms. The van der Waals surface area contributed by atoms with Gasteiger partial charge in [-0.05, 0) is 56.1 Å². The molecule has 0 atom stereocenters. The molecule has 0 radical (unpaired) electrons. The zero-order valence-electron chi connectivity index (χ0n) is 11.1. The SMILES string of the molecule is Cc1cc(C#N)ccc1CN1CCC(C(=O)O)CC1. The fourth-order valence-corrected chi connectivity index (χ4v) is 2.52. The first-order chi connectivity index (χ1) is 9.10. The molecule has 1 aliphatic heterocycles. The number of carboxylic acids is 1. The molecule has 1 aliphatic rings. The second-order valence-electron chi connectivity index (χ2n) is 5.14.